The van der Waals surface area contributed by atoms with Crippen LogP contribution in [-0.2, 0) is 9.53 Å². The monoisotopic (exact) mass is 321 g/mol. The van der Waals surface area contributed by atoms with Gasteiger partial charge in [0.25, 0.3) is 5.91 Å². The molecule has 2 N–H and O–H groups in total. The Kier molecular flexibility index (Phi) is 5.42. The van der Waals surface area contributed by atoms with Gasteiger partial charge in [-0.05, 0) is 36.8 Å². The van der Waals surface area contributed by atoms with Crippen LogP contribution in [0.3, 0.4) is 0 Å². The third-order valence-electron chi connectivity index (χ3n) is 2.98. The van der Waals surface area contributed by atoms with Gasteiger partial charge in [-0.25, -0.2) is 13.9 Å². The normalized spacial score (nSPS) is 10.5. The molecule has 0 aliphatic carbocycles. The van der Waals surface area contributed by atoms with E-state index >= 15 is 0 Å². The summed E-state index contributed by atoms with van der Waals surface area (Å²) in [5.74, 6) is -1.80. The molecule has 0 atom stereocenters. The third-order valence-corrected chi connectivity index (χ3v) is 2.98. The molecule has 2 aromatic rings. The van der Waals surface area contributed by atoms with Gasteiger partial charge in [-0.2, -0.15) is 5.10 Å². The first kappa shape index (κ1) is 16.6. The zero-order valence-corrected chi connectivity index (χ0v) is 12.5. The lowest BCUT2D eigenvalue weighted by Gasteiger charge is -2.06. The Hall–Kier alpha value is -2.74. The van der Waals surface area contributed by atoms with E-state index in [9.17, 15) is 14.0 Å². The Bertz CT molecular complexity index is 714. The summed E-state index contributed by atoms with van der Waals surface area (Å²) < 4.78 is 19.4. The van der Waals surface area contributed by atoms with Gasteiger partial charge in [-0.15, -0.1) is 0 Å². The lowest BCUT2D eigenvalue weighted by Crippen LogP contribution is -2.28. The number of nitrogens with zero attached hydrogens (tertiary/aromatic N) is 2. The van der Waals surface area contributed by atoms with E-state index in [1.54, 1.807) is 19.2 Å². The fourth-order valence-corrected chi connectivity index (χ4v) is 1.94. The molecule has 0 saturated carbocycles. The molecule has 1 aromatic heterocycles. The zero-order chi connectivity index (χ0) is 16.8. The Morgan fingerprint density at radius 2 is 2.17 bits per heavy atom. The molecule has 0 saturated heterocycles. The maximum absolute atomic E-state index is 13.1. The molecule has 1 heterocycles. The molecule has 0 fully saturated rings. The number of carboxylic acid groups (broad SMARTS) is 1. The number of aryl methyl sites for hydroxylation is 1. The number of aromatic nitrogens is 2. The number of aliphatic carboxylic acids is 1. The number of hydrogen-bond donors (Lipinski definition) is 2. The second kappa shape index (κ2) is 7.50. The summed E-state index contributed by atoms with van der Waals surface area (Å²) in [5.41, 5.74) is 1.57. The number of ether oxygens (including phenoxy) is 1. The smallest absolute Gasteiger partial charge is 0.329 e. The Balaban J connectivity index is 1.93. The predicted octanol–water partition coefficient (Wildman–Crippen LogP) is 1.15. The van der Waals surface area contributed by atoms with Gasteiger partial charge < -0.3 is 15.2 Å². The minimum absolute atomic E-state index is 0.0931. The molecule has 0 bridgehead atoms. The standard InChI is InChI=1S/C15H16FN3O4/c1-10-8-11(16)2-3-13(10)19-6-4-12(18-19)15(22)17-5-7-23-9-14(20)21/h2-4,6,8H,5,7,9H2,1H3,(H,17,22)(H,20,21). The van der Waals surface area contributed by atoms with E-state index in [0.717, 1.165) is 0 Å². The van der Waals surface area contributed by atoms with Crippen molar-refractivity contribution >= 4 is 11.9 Å². The van der Waals surface area contributed by atoms with Gasteiger partial charge in [0.1, 0.15) is 12.4 Å². The number of benzene rings is 1. The zero-order valence-electron chi connectivity index (χ0n) is 12.5. The molecule has 1 amide bonds. The molecule has 122 valence electrons. The van der Waals surface area contributed by atoms with E-state index in [1.807, 2.05) is 0 Å². The first-order chi connectivity index (χ1) is 11.0. The first-order valence-electron chi connectivity index (χ1n) is 6.87. The van der Waals surface area contributed by atoms with Gasteiger partial charge in [-0.3, -0.25) is 4.79 Å². The van der Waals surface area contributed by atoms with E-state index in [2.05, 4.69) is 10.4 Å². The number of carbonyl (C=O) groups excluding carboxylic acids is 1. The van der Waals surface area contributed by atoms with E-state index < -0.39 is 18.5 Å². The largest absolute Gasteiger partial charge is 0.480 e. The number of carbonyl (C=O) groups is 2. The fraction of sp³-hybridized carbons (Fsp3) is 0.267. The quantitative estimate of drug-likeness (QED) is 0.746. The summed E-state index contributed by atoms with van der Waals surface area (Å²) >= 11 is 0. The van der Waals surface area contributed by atoms with E-state index in [-0.39, 0.29) is 24.7 Å². The van der Waals surface area contributed by atoms with E-state index in [1.165, 1.54) is 22.9 Å². The van der Waals surface area contributed by atoms with Crippen LogP contribution in [0.25, 0.3) is 5.69 Å². The molecule has 0 aliphatic heterocycles. The van der Waals surface area contributed by atoms with E-state index in [0.29, 0.717) is 11.3 Å². The number of nitrogens with one attached hydrogen (secondary N) is 1. The summed E-state index contributed by atoms with van der Waals surface area (Å²) in [7, 11) is 0. The van der Waals surface area contributed by atoms with Gasteiger partial charge in [0.2, 0.25) is 0 Å². The van der Waals surface area contributed by atoms with Crippen LogP contribution in [-0.4, -0.2) is 46.5 Å². The van der Waals surface area contributed by atoms with Crippen molar-refractivity contribution in [3.8, 4) is 5.69 Å². The first-order valence-corrected chi connectivity index (χ1v) is 6.87. The van der Waals surface area contributed by atoms with Crippen molar-refractivity contribution in [3.05, 3.63) is 47.5 Å². The van der Waals surface area contributed by atoms with Gasteiger partial charge in [0.05, 0.1) is 12.3 Å². The van der Waals surface area contributed by atoms with Crippen LogP contribution in [0.5, 0.6) is 0 Å². The maximum atomic E-state index is 13.1. The number of rotatable bonds is 7. The fourth-order valence-electron chi connectivity index (χ4n) is 1.94. The second-order valence-electron chi connectivity index (χ2n) is 4.78. The summed E-state index contributed by atoms with van der Waals surface area (Å²) in [6.45, 7) is 1.61. The third kappa shape index (κ3) is 4.62. The molecular formula is C15H16FN3O4. The highest BCUT2D eigenvalue weighted by Crippen LogP contribution is 2.14. The molecule has 0 spiro atoms. The van der Waals surface area contributed by atoms with Crippen molar-refractivity contribution in [2.75, 3.05) is 19.8 Å². The number of carboxylic acids is 1. The van der Waals surface area contributed by atoms with Crippen LogP contribution in [0.1, 0.15) is 16.1 Å². The average Bonchev–Trinajstić information content (AvgIpc) is 2.96. The number of halogens is 1. The summed E-state index contributed by atoms with van der Waals surface area (Å²) in [6, 6.07) is 5.83. The molecule has 2 rings (SSSR count). The van der Waals surface area contributed by atoms with Gasteiger partial charge in [0.15, 0.2) is 5.69 Å². The number of amides is 1. The Morgan fingerprint density at radius 1 is 1.39 bits per heavy atom. The average molecular weight is 321 g/mol. The summed E-state index contributed by atoms with van der Waals surface area (Å²) in [6.07, 6.45) is 1.61. The van der Waals surface area contributed by atoms with Crippen LogP contribution in [0.15, 0.2) is 30.5 Å². The van der Waals surface area contributed by atoms with Crippen molar-refractivity contribution in [2.45, 2.75) is 6.92 Å². The topological polar surface area (TPSA) is 93.5 Å². The van der Waals surface area contributed by atoms with Crippen LogP contribution in [0.4, 0.5) is 4.39 Å². The minimum atomic E-state index is -1.07. The lowest BCUT2D eigenvalue weighted by molar-refractivity contribution is -0.142. The lowest BCUT2D eigenvalue weighted by atomic mass is 10.2. The van der Waals surface area contributed by atoms with Gasteiger partial charge in [-0.1, -0.05) is 0 Å². The molecule has 8 heteroatoms. The van der Waals surface area contributed by atoms with Crippen molar-refractivity contribution in [3.63, 3.8) is 0 Å². The van der Waals surface area contributed by atoms with Crippen LogP contribution in [0.2, 0.25) is 0 Å². The molecule has 7 nitrogen and oxygen atoms in total. The van der Waals surface area contributed by atoms with E-state index in [4.69, 9.17) is 9.84 Å². The van der Waals surface area contributed by atoms with Gasteiger partial charge in [0, 0.05) is 12.7 Å². The second-order valence-corrected chi connectivity index (χ2v) is 4.78. The highest BCUT2D eigenvalue weighted by atomic mass is 19.1. The Morgan fingerprint density at radius 3 is 2.87 bits per heavy atom. The molecule has 1 aromatic carbocycles. The van der Waals surface area contributed by atoms with Crippen molar-refractivity contribution in [2.24, 2.45) is 0 Å². The Labute approximate surface area is 131 Å². The van der Waals surface area contributed by atoms with Gasteiger partial charge >= 0.3 is 5.97 Å². The van der Waals surface area contributed by atoms with Crippen molar-refractivity contribution in [1.82, 2.24) is 15.1 Å². The number of hydrogen-bond acceptors (Lipinski definition) is 4. The van der Waals surface area contributed by atoms with Crippen LogP contribution in [0, 0.1) is 12.7 Å². The summed E-state index contributed by atoms with van der Waals surface area (Å²) in [5, 5.41) is 15.1. The molecule has 0 radical (unpaired) electrons. The molecule has 0 aliphatic rings. The van der Waals surface area contributed by atoms with Crippen molar-refractivity contribution < 1.29 is 23.8 Å². The molecule has 23 heavy (non-hydrogen) atoms. The summed E-state index contributed by atoms with van der Waals surface area (Å²) in [4.78, 5) is 22.2. The van der Waals surface area contributed by atoms with Crippen molar-refractivity contribution in [1.29, 1.82) is 0 Å². The minimum Gasteiger partial charge on any atom is -0.480 e. The predicted molar refractivity (Wildman–Crippen MR) is 79.0 cm³/mol. The molecular weight excluding hydrogens is 305 g/mol. The molecule has 0 unspecified atom stereocenters. The highest BCUT2D eigenvalue weighted by Gasteiger charge is 2.11. The maximum Gasteiger partial charge on any atom is 0.329 e. The SMILES string of the molecule is Cc1cc(F)ccc1-n1ccc(C(=O)NCCOCC(=O)O)n1. The highest BCUT2D eigenvalue weighted by molar-refractivity contribution is 5.92. The van der Waals surface area contributed by atoms with Crippen LogP contribution < -0.4 is 5.32 Å². The van der Waals surface area contributed by atoms with Crippen LogP contribution >= 0.6 is 0 Å².